The molecule has 0 unspecified atom stereocenters. The highest BCUT2D eigenvalue weighted by Crippen LogP contribution is 2.20. The van der Waals surface area contributed by atoms with Crippen LogP contribution in [0.15, 0.2) is 24.3 Å². The minimum absolute atomic E-state index is 0.00272. The SMILES string of the molecule is NC[C@H]1CC[C@@H](C(=O)NC2CCN(Cc3ccc(F)cc3)CC2)O1. The lowest BCUT2D eigenvalue weighted by atomic mass is 10.0. The minimum atomic E-state index is -0.337. The number of likely N-dealkylation sites (tertiary alicyclic amines) is 1. The third-order valence-corrected chi connectivity index (χ3v) is 4.92. The number of carbonyl (C=O) groups excluding carboxylic acids is 1. The zero-order valence-corrected chi connectivity index (χ0v) is 13.9. The van der Waals surface area contributed by atoms with Crippen LogP contribution in [0.2, 0.25) is 0 Å². The van der Waals surface area contributed by atoms with Gasteiger partial charge in [-0.3, -0.25) is 9.69 Å². The lowest BCUT2D eigenvalue weighted by Gasteiger charge is -2.32. The maximum atomic E-state index is 12.9. The first-order valence-corrected chi connectivity index (χ1v) is 8.76. The van der Waals surface area contributed by atoms with Gasteiger partial charge >= 0.3 is 0 Å². The molecule has 0 radical (unpaired) electrons. The maximum Gasteiger partial charge on any atom is 0.249 e. The van der Waals surface area contributed by atoms with Crippen LogP contribution in [0, 0.1) is 5.82 Å². The smallest absolute Gasteiger partial charge is 0.249 e. The Morgan fingerprint density at radius 1 is 1.21 bits per heavy atom. The first-order valence-electron chi connectivity index (χ1n) is 8.76. The van der Waals surface area contributed by atoms with E-state index in [9.17, 15) is 9.18 Å². The number of nitrogens with zero attached hydrogens (tertiary/aromatic N) is 1. The summed E-state index contributed by atoms with van der Waals surface area (Å²) in [7, 11) is 0. The molecule has 6 heteroatoms. The van der Waals surface area contributed by atoms with E-state index in [1.54, 1.807) is 0 Å². The highest BCUT2D eigenvalue weighted by Gasteiger charge is 2.31. The molecule has 3 N–H and O–H groups in total. The van der Waals surface area contributed by atoms with Crippen LogP contribution >= 0.6 is 0 Å². The minimum Gasteiger partial charge on any atom is -0.364 e. The fourth-order valence-corrected chi connectivity index (χ4v) is 3.45. The summed E-state index contributed by atoms with van der Waals surface area (Å²) in [4.78, 5) is 14.6. The average molecular weight is 335 g/mol. The van der Waals surface area contributed by atoms with E-state index in [2.05, 4.69) is 10.2 Å². The van der Waals surface area contributed by atoms with Crippen LogP contribution < -0.4 is 11.1 Å². The first kappa shape index (κ1) is 17.3. The molecular formula is C18H26FN3O2. The van der Waals surface area contributed by atoms with Gasteiger partial charge < -0.3 is 15.8 Å². The summed E-state index contributed by atoms with van der Waals surface area (Å²) >= 11 is 0. The molecule has 3 rings (SSSR count). The van der Waals surface area contributed by atoms with Crippen molar-refractivity contribution in [3.05, 3.63) is 35.6 Å². The number of rotatable bonds is 5. The molecule has 2 aliphatic rings. The van der Waals surface area contributed by atoms with Gasteiger partial charge in [-0.15, -0.1) is 0 Å². The zero-order valence-electron chi connectivity index (χ0n) is 13.9. The van der Waals surface area contributed by atoms with Gasteiger partial charge in [0.1, 0.15) is 11.9 Å². The van der Waals surface area contributed by atoms with E-state index in [4.69, 9.17) is 10.5 Å². The van der Waals surface area contributed by atoms with Gasteiger partial charge in [0.25, 0.3) is 0 Å². The molecule has 2 atom stereocenters. The second kappa shape index (κ2) is 8.05. The fraction of sp³-hybridized carbons (Fsp3) is 0.611. The predicted octanol–water partition coefficient (Wildman–Crippen LogP) is 1.41. The monoisotopic (exact) mass is 335 g/mol. The molecule has 2 fully saturated rings. The molecule has 1 aromatic carbocycles. The molecule has 24 heavy (non-hydrogen) atoms. The van der Waals surface area contributed by atoms with Gasteiger partial charge in [-0.25, -0.2) is 4.39 Å². The van der Waals surface area contributed by atoms with Crippen molar-refractivity contribution in [1.29, 1.82) is 0 Å². The van der Waals surface area contributed by atoms with Crippen molar-refractivity contribution in [3.63, 3.8) is 0 Å². The highest BCUT2D eigenvalue weighted by atomic mass is 19.1. The van der Waals surface area contributed by atoms with Crippen LogP contribution in [0.4, 0.5) is 4.39 Å². The Balaban J connectivity index is 1.40. The largest absolute Gasteiger partial charge is 0.364 e. The van der Waals surface area contributed by atoms with Gasteiger partial charge in [0.15, 0.2) is 0 Å². The van der Waals surface area contributed by atoms with E-state index < -0.39 is 0 Å². The topological polar surface area (TPSA) is 67.6 Å². The molecule has 2 heterocycles. The molecule has 1 amide bonds. The molecule has 0 aliphatic carbocycles. The number of nitrogens with one attached hydrogen (secondary N) is 1. The van der Waals surface area contributed by atoms with Crippen LogP contribution in [0.1, 0.15) is 31.2 Å². The molecule has 2 saturated heterocycles. The molecule has 5 nitrogen and oxygen atoms in total. The van der Waals surface area contributed by atoms with Gasteiger partial charge in [-0.05, 0) is 43.4 Å². The summed E-state index contributed by atoms with van der Waals surface area (Å²) in [6, 6.07) is 6.86. The van der Waals surface area contributed by atoms with Crippen molar-refractivity contribution >= 4 is 5.91 Å². The van der Waals surface area contributed by atoms with Crippen molar-refractivity contribution in [2.24, 2.45) is 5.73 Å². The van der Waals surface area contributed by atoms with Crippen LogP contribution in [-0.4, -0.2) is 48.7 Å². The number of carbonyl (C=O) groups is 1. The Kier molecular flexibility index (Phi) is 5.81. The zero-order chi connectivity index (χ0) is 16.9. The van der Waals surface area contributed by atoms with E-state index in [0.29, 0.717) is 6.54 Å². The number of halogens is 1. The first-order chi connectivity index (χ1) is 11.6. The lowest BCUT2D eigenvalue weighted by Crippen LogP contribution is -2.47. The molecule has 0 bridgehead atoms. The number of benzene rings is 1. The fourth-order valence-electron chi connectivity index (χ4n) is 3.45. The molecule has 1 aromatic rings. The molecule has 2 aliphatic heterocycles. The quantitative estimate of drug-likeness (QED) is 0.854. The Labute approximate surface area is 142 Å². The second-order valence-electron chi connectivity index (χ2n) is 6.75. The van der Waals surface area contributed by atoms with Gasteiger partial charge in [0.05, 0.1) is 6.10 Å². The van der Waals surface area contributed by atoms with Crippen LogP contribution in [0.25, 0.3) is 0 Å². The Hall–Kier alpha value is -1.50. The van der Waals surface area contributed by atoms with Crippen molar-refractivity contribution in [2.75, 3.05) is 19.6 Å². The second-order valence-corrected chi connectivity index (χ2v) is 6.75. The molecule has 0 aromatic heterocycles. The summed E-state index contributed by atoms with van der Waals surface area (Å²) in [5, 5.41) is 3.12. The number of hydrogen-bond donors (Lipinski definition) is 2. The summed E-state index contributed by atoms with van der Waals surface area (Å²) < 4.78 is 18.6. The average Bonchev–Trinajstić information content (AvgIpc) is 3.08. The molecule has 0 spiro atoms. The Bertz CT molecular complexity index is 544. The third kappa shape index (κ3) is 4.53. The van der Waals surface area contributed by atoms with Crippen LogP contribution in [0.5, 0.6) is 0 Å². The van der Waals surface area contributed by atoms with Crippen LogP contribution in [0.3, 0.4) is 0 Å². The summed E-state index contributed by atoms with van der Waals surface area (Å²) in [5.74, 6) is -0.200. The maximum absolute atomic E-state index is 12.9. The van der Waals surface area contributed by atoms with Gasteiger partial charge in [-0.1, -0.05) is 12.1 Å². The number of ether oxygens (including phenoxy) is 1. The third-order valence-electron chi connectivity index (χ3n) is 4.92. The number of piperidine rings is 1. The highest BCUT2D eigenvalue weighted by molar-refractivity contribution is 5.81. The van der Waals surface area contributed by atoms with E-state index >= 15 is 0 Å². The predicted molar refractivity (Wildman–Crippen MR) is 89.8 cm³/mol. The lowest BCUT2D eigenvalue weighted by molar-refractivity contribution is -0.132. The molecule has 132 valence electrons. The van der Waals surface area contributed by atoms with E-state index in [1.807, 2.05) is 12.1 Å². The van der Waals surface area contributed by atoms with Crippen molar-refractivity contribution < 1.29 is 13.9 Å². The van der Waals surface area contributed by atoms with Gasteiger partial charge in [-0.2, -0.15) is 0 Å². The Morgan fingerprint density at radius 2 is 1.92 bits per heavy atom. The van der Waals surface area contributed by atoms with Crippen molar-refractivity contribution in [3.8, 4) is 0 Å². The van der Waals surface area contributed by atoms with Crippen LogP contribution in [-0.2, 0) is 16.1 Å². The summed E-state index contributed by atoms with van der Waals surface area (Å²) in [6.07, 6.45) is 3.18. The standard InChI is InChI=1S/C18H26FN3O2/c19-14-3-1-13(2-4-14)12-22-9-7-15(8-10-22)21-18(23)17-6-5-16(11-20)24-17/h1-4,15-17H,5-12,20H2,(H,21,23)/t16-,17+/m1/s1. The van der Waals surface area contributed by atoms with Crippen molar-refractivity contribution in [2.45, 2.75) is 50.5 Å². The van der Waals surface area contributed by atoms with E-state index in [-0.39, 0.29) is 30.0 Å². The number of nitrogens with two attached hydrogens (primary N) is 1. The van der Waals surface area contributed by atoms with E-state index in [1.165, 1.54) is 12.1 Å². The number of amides is 1. The summed E-state index contributed by atoms with van der Waals surface area (Å²) in [5.41, 5.74) is 6.70. The number of hydrogen-bond acceptors (Lipinski definition) is 4. The van der Waals surface area contributed by atoms with Gasteiger partial charge in [0, 0.05) is 32.2 Å². The van der Waals surface area contributed by atoms with Gasteiger partial charge in [0.2, 0.25) is 5.91 Å². The summed E-state index contributed by atoms with van der Waals surface area (Å²) in [6.45, 7) is 3.16. The molecular weight excluding hydrogens is 309 g/mol. The van der Waals surface area contributed by atoms with Crippen molar-refractivity contribution in [1.82, 2.24) is 10.2 Å². The van der Waals surface area contributed by atoms with E-state index in [0.717, 1.165) is 50.9 Å². The normalized spacial score (nSPS) is 25.8. The Morgan fingerprint density at radius 3 is 2.54 bits per heavy atom. The molecule has 0 saturated carbocycles.